The predicted octanol–water partition coefficient (Wildman–Crippen LogP) is 8.99. The van der Waals surface area contributed by atoms with Crippen LogP contribution in [0.15, 0.2) is 146 Å². The number of aromatic carboxylic acids is 1. The third-order valence-electron chi connectivity index (χ3n) is 14.5. The molecule has 2 spiro atoms. The Morgan fingerprint density at radius 3 is 1.26 bits per heavy atom. The number of benzene rings is 6. The number of carboxylic acid groups (broad SMARTS) is 1. The number of ether oxygens (including phenoxy) is 3. The number of carboxylic acids is 1. The maximum atomic E-state index is 13.3. The molecule has 2 fully saturated rings. The Labute approximate surface area is 486 Å². The number of methoxy groups -OCH3 is 1. The molecule has 0 atom stereocenters. The Kier molecular flexibility index (Phi) is 20.6. The average molecular weight is 1100 g/mol. The zero-order valence-corrected chi connectivity index (χ0v) is 46.3. The number of hydrogen-bond acceptors (Lipinski definition) is 11. The predicted molar refractivity (Wildman–Crippen MR) is 278 cm³/mol. The Hall–Kier alpha value is -5.80. The standard InChI is InChI=1S/C29H29F3N2O3.C28H27F3N2O3.CH4O.K.H2O/c1-36-27(35)22-9-11-24(12-10-22)33-16-13-28(14-17-33)15-18-34(25-7-2-3-8-26(25)37-28)20-21-5-4-6-23(19-21)29(30,31)32;29-28(30,31)22-5-3-4-20(18-22)19-33-17-14-27(36-25-7-2-1-6-24(25)33)12-15-32(16-13-27)23-10-8-21(9-11-23)26(34)35;1-2;;/h2-12,19H,13-18,20H2,1H3;1-11,18H,12-17,19H2,(H,34,35);2H,1H3;;1H2/q;;;+1;/p-1. The van der Waals surface area contributed by atoms with Crippen LogP contribution in [0.2, 0.25) is 0 Å². The molecule has 0 aromatic heterocycles. The first-order valence-electron chi connectivity index (χ1n) is 24.8. The fourth-order valence-electron chi connectivity index (χ4n) is 10.3. The monoisotopic (exact) mass is 1090 g/mol. The molecule has 404 valence electrons. The van der Waals surface area contributed by atoms with Gasteiger partial charge in [0.05, 0.1) is 40.7 Å². The summed E-state index contributed by atoms with van der Waals surface area (Å²) in [6, 6.07) is 40.9. The number of carbonyl (C=O) groups excluding carboxylic acids is 1. The summed E-state index contributed by atoms with van der Waals surface area (Å²) in [7, 11) is 2.37. The molecular weight excluding hydrogens is 1030 g/mol. The largest absolute Gasteiger partial charge is 1.00 e. The van der Waals surface area contributed by atoms with E-state index in [4.69, 9.17) is 24.4 Å². The first-order chi connectivity index (χ1) is 36.0. The zero-order valence-electron chi connectivity index (χ0n) is 43.2. The minimum absolute atomic E-state index is 0. The number of halogens is 6. The van der Waals surface area contributed by atoms with Crippen LogP contribution < -0.4 is 80.5 Å². The Bertz CT molecular complexity index is 2890. The molecule has 4 heterocycles. The van der Waals surface area contributed by atoms with Gasteiger partial charge in [-0.2, -0.15) is 26.3 Å². The quantitative estimate of drug-likeness (QED) is 0.0853. The number of esters is 1. The third kappa shape index (κ3) is 14.9. The number of alkyl halides is 6. The van der Waals surface area contributed by atoms with Crippen molar-refractivity contribution in [1.29, 1.82) is 0 Å². The van der Waals surface area contributed by atoms with Crippen LogP contribution in [0.3, 0.4) is 0 Å². The van der Waals surface area contributed by atoms with E-state index in [-0.39, 0.29) is 79.6 Å². The second-order valence-electron chi connectivity index (χ2n) is 19.1. The van der Waals surface area contributed by atoms with Crippen molar-refractivity contribution in [1.82, 2.24) is 0 Å². The van der Waals surface area contributed by atoms with Gasteiger partial charge in [-0.15, -0.1) is 0 Å². The maximum absolute atomic E-state index is 13.3. The summed E-state index contributed by atoms with van der Waals surface area (Å²) in [6.45, 7) is 5.22. The molecule has 3 N–H and O–H groups in total. The van der Waals surface area contributed by atoms with Crippen LogP contribution in [0.5, 0.6) is 11.5 Å². The fourth-order valence-corrected chi connectivity index (χ4v) is 10.3. The molecule has 19 heteroatoms. The zero-order chi connectivity index (χ0) is 53.4. The number of para-hydroxylation sites is 4. The van der Waals surface area contributed by atoms with Gasteiger partial charge >= 0.3 is 75.7 Å². The fraction of sp³-hybridized carbons (Fsp3) is 0.345. The summed E-state index contributed by atoms with van der Waals surface area (Å²) in [4.78, 5) is 31.6. The molecule has 12 nitrogen and oxygen atoms in total. The van der Waals surface area contributed by atoms with Crippen LogP contribution in [0.1, 0.15) is 81.5 Å². The molecule has 0 aliphatic carbocycles. The second-order valence-corrected chi connectivity index (χ2v) is 19.1. The SMILES string of the molecule is CO.COC(=O)c1ccc(N2CCC3(CC2)CCN(Cc2cccc(C(F)(F)F)c2)c2ccccc2O3)cc1.O=C(O)c1ccc(N2CCC3(CC2)CCN(Cc2cccc(C(F)(F)F)c2)c2ccccc2O3)cc1.[K+].[OH-]. The molecule has 0 radical (unpaired) electrons. The van der Waals surface area contributed by atoms with Gasteiger partial charge in [0.1, 0.15) is 22.7 Å². The topological polar surface area (TPSA) is 145 Å². The van der Waals surface area contributed by atoms with Crippen molar-refractivity contribution in [2.45, 2.75) is 75.2 Å². The number of hydrogen-bond donors (Lipinski definition) is 2. The molecule has 0 saturated carbocycles. The molecule has 77 heavy (non-hydrogen) atoms. The van der Waals surface area contributed by atoms with E-state index in [1.165, 1.54) is 31.4 Å². The molecule has 6 aromatic carbocycles. The summed E-state index contributed by atoms with van der Waals surface area (Å²) in [6.07, 6.45) is -3.99. The minimum Gasteiger partial charge on any atom is -0.870 e. The van der Waals surface area contributed by atoms with Gasteiger partial charge in [0, 0.05) is 109 Å². The number of rotatable bonds is 8. The molecule has 6 aromatic rings. The van der Waals surface area contributed by atoms with Gasteiger partial charge in [-0.1, -0.05) is 48.5 Å². The van der Waals surface area contributed by atoms with Crippen molar-refractivity contribution in [3.63, 3.8) is 0 Å². The van der Waals surface area contributed by atoms with E-state index in [0.29, 0.717) is 42.9 Å². The molecule has 0 unspecified atom stereocenters. The average Bonchev–Trinajstić information content (AvgIpc) is 3.66. The first-order valence-corrected chi connectivity index (χ1v) is 24.8. The normalized spacial score (nSPS) is 16.4. The van der Waals surface area contributed by atoms with Gasteiger partial charge in [-0.25, -0.2) is 9.59 Å². The number of piperidine rings is 2. The van der Waals surface area contributed by atoms with Crippen molar-refractivity contribution in [2.75, 3.05) is 73.1 Å². The smallest absolute Gasteiger partial charge is 0.870 e. The van der Waals surface area contributed by atoms with Gasteiger partial charge < -0.3 is 49.5 Å². The third-order valence-corrected chi connectivity index (χ3v) is 14.5. The van der Waals surface area contributed by atoms with E-state index >= 15 is 0 Å². The van der Waals surface area contributed by atoms with Gasteiger partial charge in [-0.05, 0) is 108 Å². The summed E-state index contributed by atoms with van der Waals surface area (Å²) in [5.41, 5.74) is 3.83. The van der Waals surface area contributed by atoms with Crippen LogP contribution >= 0.6 is 0 Å². The molecule has 4 aliphatic rings. The van der Waals surface area contributed by atoms with E-state index in [1.807, 2.05) is 72.8 Å². The van der Waals surface area contributed by atoms with Gasteiger partial charge in [0.2, 0.25) is 0 Å². The summed E-state index contributed by atoms with van der Waals surface area (Å²) in [5.74, 6) is 0.216. The van der Waals surface area contributed by atoms with Crippen molar-refractivity contribution >= 4 is 34.7 Å². The van der Waals surface area contributed by atoms with E-state index in [2.05, 4.69) is 19.6 Å². The van der Waals surface area contributed by atoms with Crippen molar-refractivity contribution in [2.24, 2.45) is 0 Å². The number of anilines is 4. The first kappa shape index (κ1) is 60.4. The molecule has 2 saturated heterocycles. The van der Waals surface area contributed by atoms with Crippen molar-refractivity contribution in [3.8, 4) is 11.5 Å². The van der Waals surface area contributed by atoms with Crippen molar-refractivity contribution < 1.29 is 117 Å². The Balaban J connectivity index is 0.000000236. The molecule has 0 amide bonds. The molecular formula is C58H61F6KN4O8. The van der Waals surface area contributed by atoms with E-state index < -0.39 is 29.4 Å². The van der Waals surface area contributed by atoms with E-state index in [1.54, 1.807) is 36.4 Å². The van der Waals surface area contributed by atoms with Crippen LogP contribution in [-0.4, -0.2) is 92.3 Å². The molecule has 4 aliphatic heterocycles. The second kappa shape index (κ2) is 26.2. The number of aliphatic hydroxyl groups excluding tert-OH is 1. The van der Waals surface area contributed by atoms with Gasteiger partial charge in [-0.3, -0.25) is 0 Å². The van der Waals surface area contributed by atoms with Gasteiger partial charge in [0.15, 0.2) is 0 Å². The van der Waals surface area contributed by atoms with Crippen LogP contribution in [0.4, 0.5) is 49.1 Å². The number of nitrogens with zero attached hydrogens (tertiary/aromatic N) is 4. The van der Waals surface area contributed by atoms with E-state index in [9.17, 15) is 35.9 Å². The molecule has 10 rings (SSSR count). The Morgan fingerprint density at radius 1 is 0.532 bits per heavy atom. The summed E-state index contributed by atoms with van der Waals surface area (Å²) < 4.78 is 97.6. The Morgan fingerprint density at radius 2 is 0.896 bits per heavy atom. The number of aliphatic hydroxyl groups is 1. The summed E-state index contributed by atoms with van der Waals surface area (Å²) >= 11 is 0. The van der Waals surface area contributed by atoms with Crippen LogP contribution in [0, 0.1) is 0 Å². The van der Waals surface area contributed by atoms with E-state index in [0.717, 1.165) is 118 Å². The maximum Gasteiger partial charge on any atom is 1.00 e. The number of fused-ring (bicyclic) bond motifs is 2. The minimum atomic E-state index is -4.37. The molecule has 0 bridgehead atoms. The summed E-state index contributed by atoms with van der Waals surface area (Å²) in [5, 5.41) is 16.1. The van der Waals surface area contributed by atoms with Crippen molar-refractivity contribution in [3.05, 3.63) is 179 Å². The van der Waals surface area contributed by atoms with Crippen LogP contribution in [0.25, 0.3) is 0 Å². The van der Waals surface area contributed by atoms with Crippen LogP contribution in [-0.2, 0) is 30.2 Å². The number of carbonyl (C=O) groups is 2. The van der Waals surface area contributed by atoms with Gasteiger partial charge in [0.25, 0.3) is 0 Å².